The zero-order chi connectivity index (χ0) is 17.5. The van der Waals surface area contributed by atoms with Gasteiger partial charge in [-0.25, -0.2) is 0 Å². The minimum absolute atomic E-state index is 0.245. The standard InChI is InChI=1S/C19H21NO4/c1-13-5-8-16(22-2)14(11-13)6-10-19(21)20-15-7-9-17(23-3)18(12-15)24-4/h5-12H,1-4H3,(H,20,21). The van der Waals surface area contributed by atoms with Crippen molar-refractivity contribution in [3.63, 3.8) is 0 Å². The number of hydrogen-bond acceptors (Lipinski definition) is 4. The Morgan fingerprint density at radius 2 is 1.58 bits per heavy atom. The second kappa shape index (κ2) is 8.06. The summed E-state index contributed by atoms with van der Waals surface area (Å²) in [5.74, 6) is 1.64. The van der Waals surface area contributed by atoms with Crippen molar-refractivity contribution in [3.05, 3.63) is 53.6 Å². The predicted molar refractivity (Wildman–Crippen MR) is 94.9 cm³/mol. The molecule has 0 bridgehead atoms. The van der Waals surface area contributed by atoms with E-state index in [2.05, 4.69) is 5.32 Å². The fourth-order valence-corrected chi connectivity index (χ4v) is 2.25. The molecule has 1 N–H and O–H groups in total. The van der Waals surface area contributed by atoms with Gasteiger partial charge in [-0.15, -0.1) is 0 Å². The Kier molecular flexibility index (Phi) is 5.84. The number of amides is 1. The van der Waals surface area contributed by atoms with Crippen LogP contribution in [0.3, 0.4) is 0 Å². The van der Waals surface area contributed by atoms with E-state index < -0.39 is 0 Å². The van der Waals surface area contributed by atoms with E-state index >= 15 is 0 Å². The first kappa shape index (κ1) is 17.4. The first-order valence-electron chi connectivity index (χ1n) is 7.43. The Labute approximate surface area is 141 Å². The minimum Gasteiger partial charge on any atom is -0.496 e. The zero-order valence-electron chi connectivity index (χ0n) is 14.3. The molecule has 2 rings (SSSR count). The van der Waals surface area contributed by atoms with Crippen LogP contribution in [0.2, 0.25) is 0 Å². The Hall–Kier alpha value is -2.95. The number of nitrogens with one attached hydrogen (secondary N) is 1. The van der Waals surface area contributed by atoms with Gasteiger partial charge in [-0.1, -0.05) is 11.6 Å². The van der Waals surface area contributed by atoms with Gasteiger partial charge in [0.25, 0.3) is 0 Å². The zero-order valence-corrected chi connectivity index (χ0v) is 14.3. The quantitative estimate of drug-likeness (QED) is 0.823. The molecule has 24 heavy (non-hydrogen) atoms. The van der Waals surface area contributed by atoms with E-state index in [1.165, 1.54) is 6.08 Å². The molecule has 0 heterocycles. The Morgan fingerprint density at radius 3 is 2.25 bits per heavy atom. The summed E-state index contributed by atoms with van der Waals surface area (Å²) in [6, 6.07) is 11.0. The van der Waals surface area contributed by atoms with E-state index in [9.17, 15) is 4.79 Å². The van der Waals surface area contributed by atoms with E-state index in [1.54, 1.807) is 45.6 Å². The predicted octanol–water partition coefficient (Wildman–Crippen LogP) is 3.67. The largest absolute Gasteiger partial charge is 0.496 e. The summed E-state index contributed by atoms with van der Waals surface area (Å²) in [7, 11) is 4.72. The molecule has 126 valence electrons. The molecule has 0 aliphatic carbocycles. The topological polar surface area (TPSA) is 56.8 Å². The van der Waals surface area contributed by atoms with E-state index in [1.807, 2.05) is 25.1 Å². The van der Waals surface area contributed by atoms with Crippen LogP contribution in [0.1, 0.15) is 11.1 Å². The van der Waals surface area contributed by atoms with Gasteiger partial charge in [-0.3, -0.25) is 4.79 Å². The maximum Gasteiger partial charge on any atom is 0.248 e. The van der Waals surface area contributed by atoms with Gasteiger partial charge in [0.1, 0.15) is 5.75 Å². The van der Waals surface area contributed by atoms with E-state index in [-0.39, 0.29) is 5.91 Å². The van der Waals surface area contributed by atoms with Crippen LogP contribution in [0.5, 0.6) is 17.2 Å². The summed E-state index contributed by atoms with van der Waals surface area (Å²) in [6.07, 6.45) is 3.19. The van der Waals surface area contributed by atoms with Crippen LogP contribution < -0.4 is 19.5 Å². The van der Waals surface area contributed by atoms with Crippen LogP contribution in [0.25, 0.3) is 6.08 Å². The van der Waals surface area contributed by atoms with Gasteiger partial charge < -0.3 is 19.5 Å². The molecule has 1 amide bonds. The normalized spacial score (nSPS) is 10.5. The lowest BCUT2D eigenvalue weighted by atomic mass is 10.1. The number of carbonyl (C=O) groups is 1. The van der Waals surface area contributed by atoms with Gasteiger partial charge in [0.15, 0.2) is 11.5 Å². The maximum absolute atomic E-state index is 12.1. The molecule has 2 aromatic carbocycles. The first-order valence-corrected chi connectivity index (χ1v) is 7.43. The van der Waals surface area contributed by atoms with Gasteiger partial charge in [-0.2, -0.15) is 0 Å². The lowest BCUT2D eigenvalue weighted by Gasteiger charge is -2.09. The highest BCUT2D eigenvalue weighted by Gasteiger charge is 2.06. The number of aryl methyl sites for hydroxylation is 1. The SMILES string of the molecule is COc1ccc(C)cc1C=CC(=O)Nc1ccc(OC)c(OC)c1. The molecule has 2 aromatic rings. The highest BCUT2D eigenvalue weighted by molar-refractivity contribution is 6.02. The second-order valence-electron chi connectivity index (χ2n) is 5.14. The van der Waals surface area contributed by atoms with E-state index in [4.69, 9.17) is 14.2 Å². The van der Waals surface area contributed by atoms with Gasteiger partial charge >= 0.3 is 0 Å². The number of anilines is 1. The summed E-state index contributed by atoms with van der Waals surface area (Å²) >= 11 is 0. The third kappa shape index (κ3) is 4.29. The highest BCUT2D eigenvalue weighted by atomic mass is 16.5. The summed E-state index contributed by atoms with van der Waals surface area (Å²) < 4.78 is 15.7. The fourth-order valence-electron chi connectivity index (χ4n) is 2.25. The molecule has 0 aliphatic rings. The van der Waals surface area contributed by atoms with Crippen molar-refractivity contribution in [1.82, 2.24) is 0 Å². The van der Waals surface area contributed by atoms with Crippen molar-refractivity contribution in [2.75, 3.05) is 26.6 Å². The average Bonchev–Trinajstić information content (AvgIpc) is 2.60. The smallest absolute Gasteiger partial charge is 0.248 e. The van der Waals surface area contributed by atoms with Crippen molar-refractivity contribution in [3.8, 4) is 17.2 Å². The maximum atomic E-state index is 12.1. The molecule has 5 heteroatoms. The molecule has 0 saturated carbocycles. The Balaban J connectivity index is 2.12. The molecule has 0 saturated heterocycles. The average molecular weight is 327 g/mol. The lowest BCUT2D eigenvalue weighted by molar-refractivity contribution is -0.111. The highest BCUT2D eigenvalue weighted by Crippen LogP contribution is 2.29. The van der Waals surface area contributed by atoms with E-state index in [0.717, 1.165) is 16.9 Å². The molecule has 0 fully saturated rings. The van der Waals surface area contributed by atoms with Crippen LogP contribution in [0.4, 0.5) is 5.69 Å². The summed E-state index contributed by atoms with van der Waals surface area (Å²) in [6.45, 7) is 1.99. The molecule has 0 spiro atoms. The van der Waals surface area contributed by atoms with Crippen molar-refractivity contribution in [2.24, 2.45) is 0 Å². The van der Waals surface area contributed by atoms with Gasteiger partial charge in [0, 0.05) is 23.4 Å². The monoisotopic (exact) mass is 327 g/mol. The van der Waals surface area contributed by atoms with Gasteiger partial charge in [-0.05, 0) is 37.3 Å². The molecule has 0 aromatic heterocycles. The summed E-state index contributed by atoms with van der Waals surface area (Å²) in [5.41, 5.74) is 2.56. The van der Waals surface area contributed by atoms with Crippen LogP contribution in [0, 0.1) is 6.92 Å². The van der Waals surface area contributed by atoms with Crippen molar-refractivity contribution < 1.29 is 19.0 Å². The van der Waals surface area contributed by atoms with Crippen LogP contribution >= 0.6 is 0 Å². The van der Waals surface area contributed by atoms with Gasteiger partial charge in [0.2, 0.25) is 5.91 Å². The number of hydrogen-bond donors (Lipinski definition) is 1. The Bertz CT molecular complexity index is 753. The third-order valence-corrected chi connectivity index (χ3v) is 3.45. The van der Waals surface area contributed by atoms with Crippen LogP contribution in [0.15, 0.2) is 42.5 Å². The molecule has 5 nitrogen and oxygen atoms in total. The molecular formula is C19H21NO4. The molecule has 0 radical (unpaired) electrons. The number of ether oxygens (including phenoxy) is 3. The molecule has 0 unspecified atom stereocenters. The fraction of sp³-hybridized carbons (Fsp3) is 0.211. The Morgan fingerprint density at radius 1 is 0.917 bits per heavy atom. The molecular weight excluding hydrogens is 306 g/mol. The number of rotatable bonds is 6. The summed E-state index contributed by atoms with van der Waals surface area (Å²) in [5, 5.41) is 2.79. The number of carbonyl (C=O) groups excluding carboxylic acids is 1. The van der Waals surface area contributed by atoms with Crippen molar-refractivity contribution in [1.29, 1.82) is 0 Å². The lowest BCUT2D eigenvalue weighted by Crippen LogP contribution is -2.08. The van der Waals surface area contributed by atoms with Crippen molar-refractivity contribution >= 4 is 17.7 Å². The summed E-state index contributed by atoms with van der Waals surface area (Å²) in [4.78, 5) is 12.1. The van der Waals surface area contributed by atoms with Crippen molar-refractivity contribution in [2.45, 2.75) is 6.92 Å². The number of methoxy groups -OCH3 is 3. The second-order valence-corrected chi connectivity index (χ2v) is 5.14. The molecule has 0 aliphatic heterocycles. The van der Waals surface area contributed by atoms with E-state index in [0.29, 0.717) is 17.2 Å². The molecule has 0 atom stereocenters. The first-order chi connectivity index (χ1) is 11.6. The minimum atomic E-state index is -0.245. The van der Waals surface area contributed by atoms with Crippen LogP contribution in [-0.4, -0.2) is 27.2 Å². The van der Waals surface area contributed by atoms with Gasteiger partial charge in [0.05, 0.1) is 21.3 Å². The third-order valence-electron chi connectivity index (χ3n) is 3.45. The van der Waals surface area contributed by atoms with Crippen LogP contribution in [-0.2, 0) is 4.79 Å². The number of benzene rings is 2.